The summed E-state index contributed by atoms with van der Waals surface area (Å²) >= 11 is 0. The van der Waals surface area contributed by atoms with Crippen molar-refractivity contribution >= 4 is 23.8 Å². The first-order valence-corrected chi connectivity index (χ1v) is 9.63. The number of carbonyl (C=O) groups excluding carboxylic acids is 4. The number of hydrogen-bond acceptors (Lipinski definition) is 7. The number of halogens is 3. The van der Waals surface area contributed by atoms with Crippen LogP contribution in [0.1, 0.15) is 45.7 Å². The van der Waals surface area contributed by atoms with E-state index in [0.717, 1.165) is 24.3 Å². The van der Waals surface area contributed by atoms with E-state index in [-0.39, 0.29) is 12.0 Å². The molecule has 0 bridgehead atoms. The number of amides is 1. The van der Waals surface area contributed by atoms with Crippen LogP contribution < -0.4 is 5.32 Å². The number of carbonyl (C=O) groups is 4. The standard InChI is InChI=1S/C21H24F3NO7/c1-19(2,3)32-18(29)25-13(10-11-6-8-12(9-7-11)21(22,23)24)15(26)14-16(27)30-20(4,5)31-17(14)28/h6-9,13-14H,10H2,1-5H3,(H,25,29). The molecule has 8 nitrogen and oxygen atoms in total. The van der Waals surface area contributed by atoms with Crippen LogP contribution in [0.15, 0.2) is 24.3 Å². The lowest BCUT2D eigenvalue weighted by Gasteiger charge is -2.33. The van der Waals surface area contributed by atoms with Crippen molar-refractivity contribution in [3.8, 4) is 0 Å². The molecular formula is C21H24F3NO7. The van der Waals surface area contributed by atoms with Crippen molar-refractivity contribution in [3.63, 3.8) is 0 Å². The minimum atomic E-state index is -4.55. The van der Waals surface area contributed by atoms with Crippen LogP contribution >= 0.6 is 0 Å². The fourth-order valence-electron chi connectivity index (χ4n) is 2.89. The molecule has 2 rings (SSSR count). The van der Waals surface area contributed by atoms with Gasteiger partial charge in [0.2, 0.25) is 5.92 Å². The summed E-state index contributed by atoms with van der Waals surface area (Å²) in [5.74, 6) is -6.87. The normalized spacial score (nSPS) is 17.8. The molecule has 176 valence electrons. The van der Waals surface area contributed by atoms with Crippen molar-refractivity contribution < 1.29 is 46.6 Å². The molecule has 1 N–H and O–H groups in total. The van der Waals surface area contributed by atoms with E-state index in [4.69, 9.17) is 14.2 Å². The molecule has 1 aromatic carbocycles. The summed E-state index contributed by atoms with van der Waals surface area (Å²) in [4.78, 5) is 49.8. The minimum Gasteiger partial charge on any atom is -0.444 e. The quantitative estimate of drug-likeness (QED) is 0.532. The van der Waals surface area contributed by atoms with Gasteiger partial charge in [0.15, 0.2) is 5.78 Å². The Hall–Kier alpha value is -3.11. The third-order valence-corrected chi connectivity index (χ3v) is 4.20. The summed E-state index contributed by atoms with van der Waals surface area (Å²) < 4.78 is 53.4. The number of nitrogens with one attached hydrogen (secondary N) is 1. The van der Waals surface area contributed by atoms with Gasteiger partial charge in [-0.1, -0.05) is 12.1 Å². The van der Waals surface area contributed by atoms with E-state index in [1.54, 1.807) is 20.8 Å². The van der Waals surface area contributed by atoms with Crippen LogP contribution in [0.25, 0.3) is 0 Å². The largest absolute Gasteiger partial charge is 0.444 e. The molecule has 1 aliphatic rings. The SMILES string of the molecule is CC(C)(C)OC(=O)NC(Cc1ccc(C(F)(F)F)cc1)C(=O)C1C(=O)OC(C)(C)OC1=O. The molecule has 0 saturated carbocycles. The van der Waals surface area contributed by atoms with Crippen LogP contribution in [-0.4, -0.2) is 41.2 Å². The van der Waals surface area contributed by atoms with Crippen molar-refractivity contribution in [1.29, 1.82) is 0 Å². The van der Waals surface area contributed by atoms with Gasteiger partial charge in [-0.05, 0) is 44.9 Å². The maximum atomic E-state index is 13.0. The van der Waals surface area contributed by atoms with E-state index in [0.29, 0.717) is 0 Å². The average Bonchev–Trinajstić information content (AvgIpc) is 2.57. The van der Waals surface area contributed by atoms with E-state index in [1.165, 1.54) is 13.8 Å². The lowest BCUT2D eigenvalue weighted by Crippen LogP contribution is -2.55. The van der Waals surface area contributed by atoms with Gasteiger partial charge in [-0.15, -0.1) is 0 Å². The Morgan fingerprint density at radius 3 is 2.00 bits per heavy atom. The zero-order valence-electron chi connectivity index (χ0n) is 18.2. The highest BCUT2D eigenvalue weighted by Gasteiger charge is 2.49. The Morgan fingerprint density at radius 2 is 1.56 bits per heavy atom. The predicted molar refractivity (Wildman–Crippen MR) is 103 cm³/mol. The van der Waals surface area contributed by atoms with Gasteiger partial charge in [0.1, 0.15) is 5.60 Å². The summed E-state index contributed by atoms with van der Waals surface area (Å²) in [7, 11) is 0. The maximum Gasteiger partial charge on any atom is 0.416 e. The highest BCUT2D eigenvalue weighted by atomic mass is 19.4. The molecule has 0 aromatic heterocycles. The first-order valence-electron chi connectivity index (χ1n) is 9.63. The van der Waals surface area contributed by atoms with Crippen LogP contribution in [0, 0.1) is 5.92 Å². The number of ether oxygens (including phenoxy) is 3. The van der Waals surface area contributed by atoms with Crippen LogP contribution in [-0.2, 0) is 41.2 Å². The lowest BCUT2D eigenvalue weighted by atomic mass is 9.92. The lowest BCUT2D eigenvalue weighted by molar-refractivity contribution is -0.238. The van der Waals surface area contributed by atoms with E-state index < -0.39 is 58.9 Å². The molecule has 1 unspecified atom stereocenters. The summed E-state index contributed by atoms with van der Waals surface area (Å²) in [5.41, 5.74) is -1.57. The second kappa shape index (κ2) is 8.79. The van der Waals surface area contributed by atoms with Gasteiger partial charge in [0.05, 0.1) is 11.6 Å². The topological polar surface area (TPSA) is 108 Å². The number of Topliss-reactive ketones (excluding diaryl/α,β-unsaturated/α-hetero) is 1. The number of cyclic esters (lactones) is 2. The number of alkyl carbamates (subject to hydrolysis) is 1. The zero-order valence-corrected chi connectivity index (χ0v) is 18.2. The van der Waals surface area contributed by atoms with Crippen LogP contribution in [0.5, 0.6) is 0 Å². The molecule has 1 heterocycles. The Balaban J connectivity index is 2.29. The molecule has 1 fully saturated rings. The van der Waals surface area contributed by atoms with E-state index >= 15 is 0 Å². The van der Waals surface area contributed by atoms with Gasteiger partial charge >= 0.3 is 24.2 Å². The van der Waals surface area contributed by atoms with Gasteiger partial charge in [-0.2, -0.15) is 13.2 Å². The van der Waals surface area contributed by atoms with Crippen molar-refractivity contribution in [2.75, 3.05) is 0 Å². The van der Waals surface area contributed by atoms with Crippen molar-refractivity contribution in [2.24, 2.45) is 5.92 Å². The second-order valence-electron chi connectivity index (χ2n) is 8.68. The average molecular weight is 459 g/mol. The fraction of sp³-hybridized carbons (Fsp3) is 0.524. The molecule has 0 aliphatic carbocycles. The van der Waals surface area contributed by atoms with Gasteiger partial charge in [0.25, 0.3) is 5.79 Å². The number of alkyl halides is 3. The zero-order chi connectivity index (χ0) is 24.5. The summed E-state index contributed by atoms with van der Waals surface area (Å²) in [6, 6.07) is 2.40. The van der Waals surface area contributed by atoms with Gasteiger partial charge in [-0.25, -0.2) is 4.79 Å². The Labute approximate surface area is 182 Å². The maximum absolute atomic E-state index is 13.0. The van der Waals surface area contributed by atoms with E-state index in [9.17, 15) is 32.3 Å². The second-order valence-corrected chi connectivity index (χ2v) is 8.68. The highest BCUT2D eigenvalue weighted by molar-refractivity contribution is 6.17. The highest BCUT2D eigenvalue weighted by Crippen LogP contribution is 2.30. The smallest absolute Gasteiger partial charge is 0.416 e. The minimum absolute atomic E-state index is 0.241. The molecule has 0 radical (unpaired) electrons. The van der Waals surface area contributed by atoms with Crippen LogP contribution in [0.2, 0.25) is 0 Å². The third-order valence-electron chi connectivity index (χ3n) is 4.20. The molecule has 1 saturated heterocycles. The van der Waals surface area contributed by atoms with Crippen LogP contribution in [0.4, 0.5) is 18.0 Å². The Morgan fingerprint density at radius 1 is 1.06 bits per heavy atom. The summed E-state index contributed by atoms with van der Waals surface area (Å²) in [6.07, 6.45) is -5.87. The van der Waals surface area contributed by atoms with E-state index in [1.807, 2.05) is 0 Å². The van der Waals surface area contributed by atoms with Crippen LogP contribution in [0.3, 0.4) is 0 Å². The molecule has 32 heavy (non-hydrogen) atoms. The molecule has 0 spiro atoms. The van der Waals surface area contributed by atoms with Gasteiger partial charge in [0, 0.05) is 13.8 Å². The van der Waals surface area contributed by atoms with Crippen molar-refractivity contribution in [2.45, 2.75) is 64.6 Å². The number of ketones is 1. The number of hydrogen-bond donors (Lipinski definition) is 1. The molecular weight excluding hydrogens is 435 g/mol. The predicted octanol–water partition coefficient (Wildman–Crippen LogP) is 3.16. The molecule has 1 aliphatic heterocycles. The summed E-state index contributed by atoms with van der Waals surface area (Å²) in [6.45, 7) is 7.36. The number of benzene rings is 1. The monoisotopic (exact) mass is 459 g/mol. The van der Waals surface area contributed by atoms with Gasteiger partial charge < -0.3 is 19.5 Å². The van der Waals surface area contributed by atoms with Gasteiger partial charge in [-0.3, -0.25) is 14.4 Å². The van der Waals surface area contributed by atoms with Crippen molar-refractivity contribution in [3.05, 3.63) is 35.4 Å². The first kappa shape index (κ1) is 25.2. The Kier molecular flexibility index (Phi) is 6.91. The van der Waals surface area contributed by atoms with E-state index in [2.05, 4.69) is 5.32 Å². The van der Waals surface area contributed by atoms with Crippen molar-refractivity contribution in [1.82, 2.24) is 5.32 Å². The number of esters is 2. The summed E-state index contributed by atoms with van der Waals surface area (Å²) in [5, 5.41) is 2.28. The molecule has 1 amide bonds. The molecule has 1 aromatic rings. The third kappa shape index (κ3) is 6.69. The molecule has 1 atom stereocenters. The first-order chi connectivity index (χ1) is 14.5. The fourth-order valence-corrected chi connectivity index (χ4v) is 2.89. The Bertz CT molecular complexity index is 881. The molecule has 11 heteroatoms. The number of rotatable bonds is 5.